The maximum absolute atomic E-state index is 6.41. The first kappa shape index (κ1) is 14.9. The van der Waals surface area contributed by atoms with E-state index in [1.807, 2.05) is 6.07 Å². The van der Waals surface area contributed by atoms with Crippen LogP contribution in [0.15, 0.2) is 12.1 Å². The minimum absolute atomic E-state index is 0.123. The van der Waals surface area contributed by atoms with Gasteiger partial charge in [-0.25, -0.2) is 0 Å². The Bertz CT molecular complexity index is 497. The molecule has 0 aliphatic carbocycles. The summed E-state index contributed by atoms with van der Waals surface area (Å²) in [5, 5.41) is 0.620. The summed E-state index contributed by atoms with van der Waals surface area (Å²) in [5.74, 6) is 1.42. The van der Waals surface area contributed by atoms with Crippen LogP contribution < -0.4 is 15.2 Å². The highest BCUT2D eigenvalue weighted by Gasteiger charge is 2.28. The van der Waals surface area contributed by atoms with Crippen LogP contribution in [-0.4, -0.2) is 37.7 Å². The fourth-order valence-electron chi connectivity index (χ4n) is 3.29. The van der Waals surface area contributed by atoms with E-state index >= 15 is 0 Å². The molecule has 3 rings (SSSR count). The molecule has 2 unspecified atom stereocenters. The van der Waals surface area contributed by atoms with Gasteiger partial charge in [-0.3, -0.25) is 4.90 Å². The van der Waals surface area contributed by atoms with E-state index in [0.29, 0.717) is 24.0 Å². The van der Waals surface area contributed by atoms with Crippen LogP contribution in [0.4, 0.5) is 0 Å². The van der Waals surface area contributed by atoms with Crippen LogP contribution in [0.3, 0.4) is 0 Å². The molecule has 2 atom stereocenters. The normalized spacial score (nSPS) is 27.0. The van der Waals surface area contributed by atoms with Crippen molar-refractivity contribution in [3.05, 3.63) is 22.7 Å². The molecule has 5 heteroatoms. The van der Waals surface area contributed by atoms with Gasteiger partial charge in [-0.1, -0.05) is 18.0 Å². The Labute approximate surface area is 131 Å². The lowest BCUT2D eigenvalue weighted by Gasteiger charge is -2.31. The van der Waals surface area contributed by atoms with Gasteiger partial charge in [0, 0.05) is 18.5 Å². The molecular formula is C16H23ClN2O2. The molecule has 4 nitrogen and oxygen atoms in total. The third-order valence-electron chi connectivity index (χ3n) is 4.34. The fraction of sp³-hybridized carbons (Fsp3) is 0.625. The van der Waals surface area contributed by atoms with Crippen LogP contribution in [-0.2, 0) is 0 Å². The second kappa shape index (κ2) is 6.42. The van der Waals surface area contributed by atoms with Crippen molar-refractivity contribution in [2.75, 3.05) is 26.8 Å². The van der Waals surface area contributed by atoms with Crippen molar-refractivity contribution in [2.45, 2.75) is 37.8 Å². The van der Waals surface area contributed by atoms with Gasteiger partial charge in [0.05, 0.1) is 18.2 Å². The van der Waals surface area contributed by atoms with Gasteiger partial charge in [0.2, 0.25) is 0 Å². The number of hydrogen-bond donors (Lipinski definition) is 1. The van der Waals surface area contributed by atoms with E-state index in [1.54, 1.807) is 0 Å². The monoisotopic (exact) mass is 310 g/mol. The summed E-state index contributed by atoms with van der Waals surface area (Å²) in [6, 6.07) is 4.35. The lowest BCUT2D eigenvalue weighted by molar-refractivity contribution is 0.229. The Morgan fingerprint density at radius 1 is 1.19 bits per heavy atom. The lowest BCUT2D eigenvalue weighted by Crippen LogP contribution is -2.37. The highest BCUT2D eigenvalue weighted by atomic mass is 35.5. The molecule has 1 saturated heterocycles. The number of halogens is 1. The SMILES string of the molecule is CN1CCCCC(N)C1c1cc(Cl)c2c(c1)OCCCO2. The van der Waals surface area contributed by atoms with Crippen molar-refractivity contribution in [2.24, 2.45) is 5.73 Å². The molecule has 0 radical (unpaired) electrons. The average Bonchev–Trinajstić information content (AvgIpc) is 2.77. The van der Waals surface area contributed by atoms with Gasteiger partial charge in [0.25, 0.3) is 0 Å². The lowest BCUT2D eigenvalue weighted by atomic mass is 9.96. The molecular weight excluding hydrogens is 288 g/mol. The second-order valence-corrected chi connectivity index (χ2v) is 6.37. The molecule has 2 aliphatic rings. The Hall–Kier alpha value is -0.970. The van der Waals surface area contributed by atoms with Crippen LogP contribution in [0.5, 0.6) is 11.5 Å². The molecule has 1 aromatic rings. The minimum Gasteiger partial charge on any atom is -0.489 e. The predicted molar refractivity (Wildman–Crippen MR) is 84.3 cm³/mol. The summed E-state index contributed by atoms with van der Waals surface area (Å²) in [5.41, 5.74) is 7.53. The van der Waals surface area contributed by atoms with Crippen LogP contribution in [0.1, 0.15) is 37.3 Å². The number of benzene rings is 1. The van der Waals surface area contributed by atoms with Crippen molar-refractivity contribution in [3.8, 4) is 11.5 Å². The van der Waals surface area contributed by atoms with Gasteiger partial charge in [-0.05, 0) is 44.1 Å². The van der Waals surface area contributed by atoms with Crippen molar-refractivity contribution >= 4 is 11.6 Å². The Kier molecular flexibility index (Phi) is 4.57. The smallest absolute Gasteiger partial charge is 0.179 e. The van der Waals surface area contributed by atoms with Gasteiger partial charge in [-0.15, -0.1) is 0 Å². The van der Waals surface area contributed by atoms with E-state index < -0.39 is 0 Å². The molecule has 0 spiro atoms. The molecule has 0 bridgehead atoms. The summed E-state index contributed by atoms with van der Waals surface area (Å²) in [6.45, 7) is 2.37. The number of rotatable bonds is 1. The van der Waals surface area contributed by atoms with Crippen molar-refractivity contribution < 1.29 is 9.47 Å². The number of nitrogens with two attached hydrogens (primary N) is 1. The van der Waals surface area contributed by atoms with Crippen LogP contribution >= 0.6 is 11.6 Å². The van der Waals surface area contributed by atoms with Gasteiger partial charge in [0.15, 0.2) is 11.5 Å². The first-order chi connectivity index (χ1) is 10.2. The largest absolute Gasteiger partial charge is 0.489 e. The highest BCUT2D eigenvalue weighted by molar-refractivity contribution is 6.32. The van der Waals surface area contributed by atoms with E-state index in [9.17, 15) is 0 Å². The van der Waals surface area contributed by atoms with Gasteiger partial charge in [0.1, 0.15) is 0 Å². The van der Waals surface area contributed by atoms with E-state index in [0.717, 1.165) is 30.7 Å². The number of likely N-dealkylation sites (tertiary alicyclic amines) is 1. The van der Waals surface area contributed by atoms with Crippen LogP contribution in [0.2, 0.25) is 5.02 Å². The summed E-state index contributed by atoms with van der Waals surface area (Å²) >= 11 is 6.41. The first-order valence-corrected chi connectivity index (χ1v) is 8.09. The number of nitrogens with zero attached hydrogens (tertiary/aromatic N) is 1. The van der Waals surface area contributed by atoms with E-state index in [1.165, 1.54) is 12.8 Å². The highest BCUT2D eigenvalue weighted by Crippen LogP contribution is 2.41. The maximum atomic E-state index is 6.41. The molecule has 116 valence electrons. The molecule has 0 aromatic heterocycles. The zero-order valence-electron chi connectivity index (χ0n) is 12.5. The van der Waals surface area contributed by atoms with Gasteiger partial charge in [-0.2, -0.15) is 0 Å². The molecule has 21 heavy (non-hydrogen) atoms. The summed E-state index contributed by atoms with van der Waals surface area (Å²) in [7, 11) is 2.13. The van der Waals surface area contributed by atoms with Crippen LogP contribution in [0.25, 0.3) is 0 Å². The molecule has 0 saturated carbocycles. The molecule has 2 heterocycles. The molecule has 2 aliphatic heterocycles. The third kappa shape index (κ3) is 3.12. The summed E-state index contributed by atoms with van der Waals surface area (Å²) in [4.78, 5) is 2.33. The van der Waals surface area contributed by atoms with E-state index in [4.69, 9.17) is 26.8 Å². The Balaban J connectivity index is 1.97. The number of hydrogen-bond acceptors (Lipinski definition) is 4. The second-order valence-electron chi connectivity index (χ2n) is 5.97. The molecule has 2 N–H and O–H groups in total. The topological polar surface area (TPSA) is 47.7 Å². The van der Waals surface area contributed by atoms with E-state index in [2.05, 4.69) is 18.0 Å². The summed E-state index contributed by atoms with van der Waals surface area (Å²) < 4.78 is 11.5. The average molecular weight is 311 g/mol. The zero-order chi connectivity index (χ0) is 14.8. The zero-order valence-corrected chi connectivity index (χ0v) is 13.2. The molecule has 1 fully saturated rings. The third-order valence-corrected chi connectivity index (χ3v) is 4.63. The van der Waals surface area contributed by atoms with E-state index in [-0.39, 0.29) is 12.1 Å². The van der Waals surface area contributed by atoms with Crippen molar-refractivity contribution in [3.63, 3.8) is 0 Å². The van der Waals surface area contributed by atoms with Crippen molar-refractivity contribution in [1.29, 1.82) is 0 Å². The summed E-state index contributed by atoms with van der Waals surface area (Å²) in [6.07, 6.45) is 4.30. The first-order valence-electron chi connectivity index (χ1n) is 7.71. The minimum atomic E-state index is 0.123. The van der Waals surface area contributed by atoms with Gasteiger partial charge < -0.3 is 15.2 Å². The fourth-order valence-corrected chi connectivity index (χ4v) is 3.56. The van der Waals surface area contributed by atoms with Crippen molar-refractivity contribution in [1.82, 2.24) is 4.90 Å². The van der Waals surface area contributed by atoms with Crippen LogP contribution in [0, 0.1) is 0 Å². The Morgan fingerprint density at radius 3 is 2.86 bits per heavy atom. The standard InChI is InChI=1S/C16H23ClN2O2/c1-19-6-3-2-5-13(18)15(19)11-9-12(17)16-14(10-11)20-7-4-8-21-16/h9-10,13,15H,2-8,18H2,1H3. The molecule has 0 amide bonds. The quantitative estimate of drug-likeness (QED) is 0.866. The number of likely N-dealkylation sites (N-methyl/N-ethyl adjacent to an activating group) is 1. The molecule has 1 aromatic carbocycles. The maximum Gasteiger partial charge on any atom is 0.179 e. The number of ether oxygens (including phenoxy) is 2. The predicted octanol–water partition coefficient (Wildman–Crippen LogP) is 2.99. The Morgan fingerprint density at radius 2 is 2.00 bits per heavy atom. The number of fused-ring (bicyclic) bond motifs is 1. The van der Waals surface area contributed by atoms with Gasteiger partial charge >= 0.3 is 0 Å².